The third-order valence-corrected chi connectivity index (χ3v) is 3.55. The van der Waals surface area contributed by atoms with Gasteiger partial charge >= 0.3 is 5.97 Å². The highest BCUT2D eigenvalue weighted by Crippen LogP contribution is 2.25. The predicted octanol–water partition coefficient (Wildman–Crippen LogP) is 2.99. The second-order valence-electron chi connectivity index (χ2n) is 4.69. The molecule has 0 radical (unpaired) electrons. The van der Waals surface area contributed by atoms with Crippen LogP contribution in [0.3, 0.4) is 0 Å². The number of fused-ring (bicyclic) bond motifs is 2. The molecule has 20 heavy (non-hydrogen) atoms. The van der Waals surface area contributed by atoms with Gasteiger partial charge in [-0.15, -0.1) is 0 Å². The largest absolute Gasteiger partial charge is 0.462 e. The number of benzene rings is 2. The average molecular weight is 266 g/mol. The first-order valence-electron chi connectivity index (χ1n) is 6.70. The molecular weight excluding hydrogens is 250 g/mol. The number of carbonyl (C=O) groups is 1. The molecule has 0 aliphatic rings. The van der Waals surface area contributed by atoms with Crippen molar-refractivity contribution in [2.75, 3.05) is 6.61 Å². The number of rotatable bonds is 2. The molecule has 3 nitrogen and oxygen atoms in total. The Balaban J connectivity index is 2.49. The van der Waals surface area contributed by atoms with Crippen LogP contribution in [0, 0.1) is 0 Å². The van der Waals surface area contributed by atoms with Gasteiger partial charge in [-0.1, -0.05) is 24.3 Å². The number of para-hydroxylation sites is 2. The van der Waals surface area contributed by atoms with Crippen molar-refractivity contribution in [1.29, 1.82) is 0 Å². The summed E-state index contributed by atoms with van der Waals surface area (Å²) < 4.78 is 7.34. The molecule has 0 fully saturated rings. The van der Waals surface area contributed by atoms with Gasteiger partial charge in [0.2, 0.25) is 11.0 Å². The zero-order valence-electron chi connectivity index (χ0n) is 11.6. The predicted molar refractivity (Wildman–Crippen MR) is 78.6 cm³/mol. The lowest BCUT2D eigenvalue weighted by molar-refractivity contribution is -0.617. The molecule has 0 amide bonds. The van der Waals surface area contributed by atoms with Gasteiger partial charge in [0.05, 0.1) is 22.9 Å². The summed E-state index contributed by atoms with van der Waals surface area (Å²) in [6.07, 6.45) is 0. The van der Waals surface area contributed by atoms with Gasteiger partial charge in [-0.2, -0.15) is 4.57 Å². The van der Waals surface area contributed by atoms with Crippen LogP contribution in [0.2, 0.25) is 0 Å². The molecule has 2 aromatic carbocycles. The molecule has 3 aromatic rings. The fraction of sp³-hybridized carbons (Fsp3) is 0.176. The lowest BCUT2D eigenvalue weighted by Crippen LogP contribution is -2.31. The Morgan fingerprint density at radius 2 is 1.50 bits per heavy atom. The molecule has 0 saturated carbocycles. The van der Waals surface area contributed by atoms with Crippen molar-refractivity contribution >= 4 is 27.8 Å². The summed E-state index contributed by atoms with van der Waals surface area (Å²) in [4.78, 5) is 12.4. The van der Waals surface area contributed by atoms with E-state index in [0.717, 1.165) is 21.8 Å². The Kier molecular flexibility index (Phi) is 3.11. The van der Waals surface area contributed by atoms with Crippen molar-refractivity contribution in [2.45, 2.75) is 6.92 Å². The summed E-state index contributed by atoms with van der Waals surface area (Å²) in [5.74, 6) is -0.263. The van der Waals surface area contributed by atoms with E-state index in [1.165, 1.54) is 0 Å². The van der Waals surface area contributed by atoms with Gasteiger partial charge in [0.1, 0.15) is 7.05 Å². The minimum absolute atomic E-state index is 0.263. The van der Waals surface area contributed by atoms with Gasteiger partial charge in [-0.25, -0.2) is 4.79 Å². The molecule has 0 N–H and O–H groups in total. The molecule has 0 aliphatic heterocycles. The molecule has 3 rings (SSSR count). The molecule has 0 bridgehead atoms. The fourth-order valence-electron chi connectivity index (χ4n) is 2.65. The number of nitrogens with zero attached hydrogens (tertiary/aromatic N) is 1. The maximum atomic E-state index is 12.4. The van der Waals surface area contributed by atoms with Crippen molar-refractivity contribution in [3.63, 3.8) is 0 Å². The molecule has 0 spiro atoms. The van der Waals surface area contributed by atoms with Crippen molar-refractivity contribution in [2.24, 2.45) is 7.05 Å². The number of pyridine rings is 1. The Bertz CT molecular complexity index is 752. The number of ether oxygens (including phenoxy) is 1. The lowest BCUT2D eigenvalue weighted by Gasteiger charge is -2.09. The minimum Gasteiger partial charge on any atom is -0.462 e. The quantitative estimate of drug-likeness (QED) is 0.405. The van der Waals surface area contributed by atoms with Crippen molar-refractivity contribution in [1.82, 2.24) is 0 Å². The van der Waals surface area contributed by atoms with Crippen LogP contribution >= 0.6 is 0 Å². The summed E-state index contributed by atoms with van der Waals surface area (Å²) >= 11 is 0. The Hall–Kier alpha value is -2.42. The van der Waals surface area contributed by atoms with Crippen LogP contribution in [0.1, 0.15) is 17.3 Å². The van der Waals surface area contributed by atoms with E-state index >= 15 is 0 Å². The topological polar surface area (TPSA) is 30.2 Å². The molecule has 0 unspecified atom stereocenters. The minimum atomic E-state index is -0.263. The fourth-order valence-corrected chi connectivity index (χ4v) is 2.65. The monoisotopic (exact) mass is 266 g/mol. The third kappa shape index (κ3) is 1.83. The third-order valence-electron chi connectivity index (χ3n) is 3.55. The number of aromatic nitrogens is 1. The van der Waals surface area contributed by atoms with Gasteiger partial charge in [0, 0.05) is 12.1 Å². The molecule has 1 aromatic heterocycles. The van der Waals surface area contributed by atoms with Crippen LogP contribution in [-0.2, 0) is 11.8 Å². The number of aryl methyl sites for hydroxylation is 1. The van der Waals surface area contributed by atoms with E-state index in [1.807, 2.05) is 62.5 Å². The first-order valence-corrected chi connectivity index (χ1v) is 6.70. The summed E-state index contributed by atoms with van der Waals surface area (Å²) in [5, 5.41) is 1.85. The normalized spacial score (nSPS) is 10.9. The van der Waals surface area contributed by atoms with Crippen molar-refractivity contribution in [3.05, 3.63) is 54.1 Å². The van der Waals surface area contributed by atoms with Crippen LogP contribution in [0.4, 0.5) is 0 Å². The zero-order chi connectivity index (χ0) is 14.1. The lowest BCUT2D eigenvalue weighted by atomic mass is 10.0. The highest BCUT2D eigenvalue weighted by Gasteiger charge is 2.22. The van der Waals surface area contributed by atoms with E-state index in [2.05, 4.69) is 4.57 Å². The van der Waals surface area contributed by atoms with Gasteiger partial charge in [0.25, 0.3) is 0 Å². The molecule has 3 heteroatoms. The summed E-state index contributed by atoms with van der Waals surface area (Å²) in [6, 6.07) is 15.8. The molecular formula is C17H16NO2+. The first-order chi connectivity index (χ1) is 9.74. The van der Waals surface area contributed by atoms with Gasteiger partial charge in [0.15, 0.2) is 0 Å². The highest BCUT2D eigenvalue weighted by molar-refractivity contribution is 6.12. The number of esters is 1. The second-order valence-corrected chi connectivity index (χ2v) is 4.69. The maximum absolute atomic E-state index is 12.4. The number of hydrogen-bond acceptors (Lipinski definition) is 2. The maximum Gasteiger partial charge on any atom is 0.339 e. The molecule has 0 saturated heterocycles. The first kappa shape index (κ1) is 12.6. The second kappa shape index (κ2) is 4.93. The van der Waals surface area contributed by atoms with E-state index in [0.29, 0.717) is 12.2 Å². The molecule has 100 valence electrons. The summed E-state index contributed by atoms with van der Waals surface area (Å²) in [5.41, 5.74) is 2.69. The highest BCUT2D eigenvalue weighted by atomic mass is 16.5. The SMILES string of the molecule is CCOC(=O)c1c2ccccc2[n+](C)c2ccccc12. The Morgan fingerprint density at radius 3 is 2.00 bits per heavy atom. The summed E-state index contributed by atoms with van der Waals surface area (Å²) in [7, 11) is 2.01. The Morgan fingerprint density at radius 1 is 1.00 bits per heavy atom. The zero-order valence-corrected chi connectivity index (χ0v) is 11.6. The van der Waals surface area contributed by atoms with Gasteiger partial charge in [-0.05, 0) is 19.1 Å². The molecule has 0 aliphatic carbocycles. The Labute approximate surface area is 117 Å². The number of hydrogen-bond donors (Lipinski definition) is 0. The van der Waals surface area contributed by atoms with Crippen LogP contribution < -0.4 is 4.57 Å². The van der Waals surface area contributed by atoms with E-state index in [4.69, 9.17) is 4.74 Å². The van der Waals surface area contributed by atoms with Crippen LogP contribution in [0.5, 0.6) is 0 Å². The molecule has 0 atom stereocenters. The van der Waals surface area contributed by atoms with Crippen LogP contribution in [-0.4, -0.2) is 12.6 Å². The van der Waals surface area contributed by atoms with Crippen LogP contribution in [0.15, 0.2) is 48.5 Å². The summed E-state index contributed by atoms with van der Waals surface area (Å²) in [6.45, 7) is 2.20. The van der Waals surface area contributed by atoms with Crippen molar-refractivity contribution < 1.29 is 14.1 Å². The van der Waals surface area contributed by atoms with Crippen molar-refractivity contribution in [3.8, 4) is 0 Å². The molecule has 1 heterocycles. The van der Waals surface area contributed by atoms with E-state index < -0.39 is 0 Å². The number of carbonyl (C=O) groups excluding carboxylic acids is 1. The van der Waals surface area contributed by atoms with Crippen LogP contribution in [0.25, 0.3) is 21.8 Å². The smallest absolute Gasteiger partial charge is 0.339 e. The van der Waals surface area contributed by atoms with Gasteiger partial charge in [-0.3, -0.25) is 0 Å². The standard InChI is InChI=1S/C17H16NO2/c1-3-20-17(19)16-12-8-4-6-10-14(12)18(2)15-11-7-5-9-13(15)16/h4-11H,3H2,1-2H3/q+1. The van der Waals surface area contributed by atoms with E-state index in [9.17, 15) is 4.79 Å². The van der Waals surface area contributed by atoms with Gasteiger partial charge < -0.3 is 4.74 Å². The van der Waals surface area contributed by atoms with E-state index in [-0.39, 0.29) is 5.97 Å². The average Bonchev–Trinajstić information content (AvgIpc) is 2.48. The van der Waals surface area contributed by atoms with E-state index in [1.54, 1.807) is 0 Å².